The molecule has 0 bridgehead atoms. The first-order valence-electron chi connectivity index (χ1n) is 5.57. The van der Waals surface area contributed by atoms with Crippen LogP contribution in [0.1, 0.15) is 12.8 Å². The molecule has 16 heavy (non-hydrogen) atoms. The molecular formula is C13H13ClN2. The molecule has 1 aliphatic rings. The van der Waals surface area contributed by atoms with Crippen molar-refractivity contribution in [3.05, 3.63) is 36.5 Å². The summed E-state index contributed by atoms with van der Waals surface area (Å²) in [6.45, 7) is 0. The fourth-order valence-electron chi connectivity index (χ4n) is 2.11. The molecule has 3 heteroatoms. The van der Waals surface area contributed by atoms with Crippen molar-refractivity contribution in [3.63, 3.8) is 0 Å². The van der Waals surface area contributed by atoms with Gasteiger partial charge in [0.2, 0.25) is 0 Å². The van der Waals surface area contributed by atoms with Crippen LogP contribution in [0.25, 0.3) is 10.9 Å². The van der Waals surface area contributed by atoms with Gasteiger partial charge in [0.15, 0.2) is 0 Å². The maximum atomic E-state index is 5.98. The highest BCUT2D eigenvalue weighted by atomic mass is 35.5. The van der Waals surface area contributed by atoms with Gasteiger partial charge >= 0.3 is 0 Å². The molecule has 0 unspecified atom stereocenters. The highest BCUT2D eigenvalue weighted by Gasteiger charge is 2.27. The number of rotatable bonds is 2. The van der Waals surface area contributed by atoms with Crippen LogP contribution in [0.15, 0.2) is 36.5 Å². The molecule has 2 nitrogen and oxygen atoms in total. The highest BCUT2D eigenvalue weighted by Crippen LogP contribution is 2.30. The van der Waals surface area contributed by atoms with Gasteiger partial charge < -0.3 is 5.32 Å². The van der Waals surface area contributed by atoms with E-state index in [0.717, 1.165) is 18.4 Å². The number of halogens is 1. The fourth-order valence-corrected chi connectivity index (χ4v) is 2.54. The van der Waals surface area contributed by atoms with Crippen LogP contribution < -0.4 is 5.32 Å². The van der Waals surface area contributed by atoms with Crippen molar-refractivity contribution in [2.24, 2.45) is 0 Å². The molecule has 1 heterocycles. The quantitative estimate of drug-likeness (QED) is 0.803. The zero-order chi connectivity index (χ0) is 11.0. The Hall–Kier alpha value is -1.28. The van der Waals surface area contributed by atoms with Crippen molar-refractivity contribution in [2.45, 2.75) is 24.3 Å². The van der Waals surface area contributed by atoms with E-state index in [2.05, 4.69) is 16.4 Å². The molecule has 1 aromatic carbocycles. The molecule has 1 saturated carbocycles. The first-order valence-corrected chi connectivity index (χ1v) is 6.01. The van der Waals surface area contributed by atoms with E-state index in [-0.39, 0.29) is 0 Å². The minimum Gasteiger partial charge on any atom is -0.382 e. The number of aromatic nitrogens is 1. The lowest BCUT2D eigenvalue weighted by molar-refractivity contribution is 0.455. The zero-order valence-corrected chi connectivity index (χ0v) is 9.61. The molecule has 0 amide bonds. The minimum absolute atomic E-state index is 0.352. The second-order valence-corrected chi connectivity index (χ2v) is 4.90. The Labute approximate surface area is 99.6 Å². The Bertz CT molecular complexity index is 501. The number of hydrogen-bond acceptors (Lipinski definition) is 2. The number of pyridine rings is 1. The minimum atomic E-state index is 0.352. The van der Waals surface area contributed by atoms with Gasteiger partial charge in [-0.05, 0) is 25.0 Å². The lowest BCUT2D eigenvalue weighted by atomic mass is 9.92. The molecule has 0 atom stereocenters. The van der Waals surface area contributed by atoms with Crippen molar-refractivity contribution in [3.8, 4) is 0 Å². The predicted molar refractivity (Wildman–Crippen MR) is 68.0 cm³/mol. The van der Waals surface area contributed by atoms with Crippen LogP contribution in [0.5, 0.6) is 0 Å². The SMILES string of the molecule is ClC1CC(Nc2ccnc3ccccc23)C1. The van der Waals surface area contributed by atoms with Crippen molar-refractivity contribution < 1.29 is 0 Å². The molecule has 1 aliphatic carbocycles. The Morgan fingerprint density at radius 1 is 1.19 bits per heavy atom. The Morgan fingerprint density at radius 3 is 2.81 bits per heavy atom. The Morgan fingerprint density at radius 2 is 2.00 bits per heavy atom. The van der Waals surface area contributed by atoms with Crippen molar-refractivity contribution in [2.75, 3.05) is 5.32 Å². The monoisotopic (exact) mass is 232 g/mol. The van der Waals surface area contributed by atoms with Gasteiger partial charge in [-0.3, -0.25) is 4.98 Å². The highest BCUT2D eigenvalue weighted by molar-refractivity contribution is 6.21. The van der Waals surface area contributed by atoms with Gasteiger partial charge in [-0.2, -0.15) is 0 Å². The Kier molecular flexibility index (Phi) is 2.44. The van der Waals surface area contributed by atoms with Crippen LogP contribution >= 0.6 is 11.6 Å². The zero-order valence-electron chi connectivity index (χ0n) is 8.86. The predicted octanol–water partition coefficient (Wildman–Crippen LogP) is 3.42. The average molecular weight is 233 g/mol. The number of anilines is 1. The third kappa shape index (κ3) is 1.74. The Balaban J connectivity index is 1.91. The summed E-state index contributed by atoms with van der Waals surface area (Å²) in [4.78, 5) is 4.34. The molecule has 1 N–H and O–H groups in total. The summed E-state index contributed by atoms with van der Waals surface area (Å²) >= 11 is 5.98. The number of alkyl halides is 1. The van der Waals surface area contributed by atoms with Crippen LogP contribution in [-0.2, 0) is 0 Å². The molecule has 0 radical (unpaired) electrons. The van der Waals surface area contributed by atoms with Gasteiger partial charge in [0.05, 0.1) is 5.52 Å². The van der Waals surface area contributed by atoms with Crippen molar-refractivity contribution in [1.29, 1.82) is 0 Å². The number of nitrogens with zero attached hydrogens (tertiary/aromatic N) is 1. The van der Waals surface area contributed by atoms with E-state index >= 15 is 0 Å². The summed E-state index contributed by atoms with van der Waals surface area (Å²) in [6, 6.07) is 10.7. The largest absolute Gasteiger partial charge is 0.382 e. The third-order valence-electron chi connectivity index (χ3n) is 3.09. The summed E-state index contributed by atoms with van der Waals surface area (Å²) in [5.74, 6) is 0. The third-order valence-corrected chi connectivity index (χ3v) is 3.45. The molecule has 2 aromatic rings. The first kappa shape index (κ1) is 9.91. The second-order valence-electron chi connectivity index (χ2n) is 4.29. The lowest BCUT2D eigenvalue weighted by Gasteiger charge is -2.32. The molecular weight excluding hydrogens is 220 g/mol. The summed E-state index contributed by atoms with van der Waals surface area (Å²) in [5, 5.41) is 5.06. The maximum absolute atomic E-state index is 5.98. The van der Waals surface area contributed by atoms with Gasteiger partial charge in [0, 0.05) is 28.7 Å². The van der Waals surface area contributed by atoms with Gasteiger partial charge in [-0.1, -0.05) is 18.2 Å². The summed E-state index contributed by atoms with van der Waals surface area (Å²) in [7, 11) is 0. The standard InChI is InChI=1S/C13H13ClN2/c14-9-7-10(8-9)16-13-5-6-15-12-4-2-1-3-11(12)13/h1-6,9-10H,7-8H2,(H,15,16). The number of benzene rings is 1. The molecule has 3 rings (SSSR count). The van der Waals surface area contributed by atoms with Gasteiger partial charge in [0.25, 0.3) is 0 Å². The van der Waals surface area contributed by atoms with E-state index in [1.807, 2.05) is 30.5 Å². The van der Waals surface area contributed by atoms with E-state index in [0.29, 0.717) is 11.4 Å². The number of para-hydroxylation sites is 1. The van der Waals surface area contributed by atoms with Crippen molar-refractivity contribution in [1.82, 2.24) is 4.98 Å². The molecule has 1 fully saturated rings. The number of hydrogen-bond donors (Lipinski definition) is 1. The van der Waals surface area contributed by atoms with Gasteiger partial charge in [-0.15, -0.1) is 11.6 Å². The lowest BCUT2D eigenvalue weighted by Crippen LogP contribution is -2.36. The van der Waals surface area contributed by atoms with E-state index in [1.165, 1.54) is 11.1 Å². The van der Waals surface area contributed by atoms with Gasteiger partial charge in [0.1, 0.15) is 0 Å². The molecule has 1 aromatic heterocycles. The number of fused-ring (bicyclic) bond motifs is 1. The van der Waals surface area contributed by atoms with Crippen LogP contribution in [0.2, 0.25) is 0 Å². The molecule has 0 aliphatic heterocycles. The van der Waals surface area contributed by atoms with Crippen LogP contribution in [0.4, 0.5) is 5.69 Å². The van der Waals surface area contributed by atoms with E-state index in [9.17, 15) is 0 Å². The smallest absolute Gasteiger partial charge is 0.0722 e. The fraction of sp³-hybridized carbons (Fsp3) is 0.308. The second kappa shape index (κ2) is 3.95. The summed E-state index contributed by atoms with van der Waals surface area (Å²) in [5.41, 5.74) is 2.20. The van der Waals surface area contributed by atoms with E-state index < -0.39 is 0 Å². The van der Waals surface area contributed by atoms with E-state index in [1.54, 1.807) is 0 Å². The maximum Gasteiger partial charge on any atom is 0.0722 e. The van der Waals surface area contributed by atoms with Crippen LogP contribution in [0.3, 0.4) is 0 Å². The van der Waals surface area contributed by atoms with E-state index in [4.69, 9.17) is 11.6 Å². The molecule has 0 saturated heterocycles. The average Bonchev–Trinajstić information content (AvgIpc) is 2.27. The topological polar surface area (TPSA) is 24.9 Å². The van der Waals surface area contributed by atoms with Crippen molar-refractivity contribution >= 4 is 28.2 Å². The molecule has 82 valence electrons. The van der Waals surface area contributed by atoms with Crippen LogP contribution in [0, 0.1) is 0 Å². The van der Waals surface area contributed by atoms with Gasteiger partial charge in [-0.25, -0.2) is 0 Å². The van der Waals surface area contributed by atoms with Crippen LogP contribution in [-0.4, -0.2) is 16.4 Å². The normalized spacial score (nSPS) is 24.1. The summed E-state index contributed by atoms with van der Waals surface area (Å²) < 4.78 is 0. The molecule has 0 spiro atoms. The number of nitrogens with one attached hydrogen (secondary N) is 1. The first-order chi connectivity index (χ1) is 7.83. The summed E-state index contributed by atoms with van der Waals surface area (Å²) in [6.07, 6.45) is 3.96.